The summed E-state index contributed by atoms with van der Waals surface area (Å²) in [4.78, 5) is 11.7. The van der Waals surface area contributed by atoms with Gasteiger partial charge >= 0.3 is 0 Å². The topological polar surface area (TPSA) is 64.3 Å². The van der Waals surface area contributed by atoms with Crippen LogP contribution < -0.4 is 15.8 Å². The Bertz CT molecular complexity index is 599. The molecule has 2 aromatic carbocycles. The van der Waals surface area contributed by atoms with E-state index in [4.69, 9.17) is 10.5 Å². The number of hydrogen-bond donors (Lipinski definition) is 2. The van der Waals surface area contributed by atoms with E-state index in [1.807, 2.05) is 36.4 Å². The number of benzene rings is 2. The lowest BCUT2D eigenvalue weighted by atomic mass is 10.2. The van der Waals surface area contributed by atoms with Crippen molar-refractivity contribution in [3.05, 3.63) is 58.6 Å². The van der Waals surface area contributed by atoms with E-state index in [-0.39, 0.29) is 5.91 Å². The molecule has 1 amide bonds. The second-order valence-electron chi connectivity index (χ2n) is 4.57. The number of amides is 1. The summed E-state index contributed by atoms with van der Waals surface area (Å²) in [5.74, 6) is 0.637. The van der Waals surface area contributed by atoms with E-state index in [0.29, 0.717) is 31.0 Å². The first kappa shape index (κ1) is 15.4. The Balaban J connectivity index is 1.69. The van der Waals surface area contributed by atoms with Gasteiger partial charge in [-0.2, -0.15) is 0 Å². The van der Waals surface area contributed by atoms with Gasteiger partial charge in [0.1, 0.15) is 5.75 Å². The fraction of sp³-hybridized carbons (Fsp3) is 0.188. The van der Waals surface area contributed by atoms with Crippen molar-refractivity contribution in [3.63, 3.8) is 0 Å². The first-order valence-corrected chi connectivity index (χ1v) is 7.42. The lowest BCUT2D eigenvalue weighted by Crippen LogP contribution is -2.24. The van der Waals surface area contributed by atoms with Gasteiger partial charge in [0.05, 0.1) is 13.0 Å². The quantitative estimate of drug-likeness (QED) is 0.788. The van der Waals surface area contributed by atoms with Gasteiger partial charge in [-0.1, -0.05) is 34.1 Å². The summed E-state index contributed by atoms with van der Waals surface area (Å²) in [6.07, 6.45) is 0.311. The van der Waals surface area contributed by atoms with Crippen molar-refractivity contribution in [1.29, 1.82) is 0 Å². The zero-order chi connectivity index (χ0) is 15.1. The van der Waals surface area contributed by atoms with Gasteiger partial charge in [0.25, 0.3) is 0 Å². The number of nitrogens with one attached hydrogen (secondary N) is 1. The molecular weight excluding hydrogens is 332 g/mol. The van der Waals surface area contributed by atoms with Crippen molar-refractivity contribution in [1.82, 2.24) is 5.32 Å². The Morgan fingerprint density at radius 1 is 1.19 bits per heavy atom. The molecule has 0 heterocycles. The van der Waals surface area contributed by atoms with Crippen LogP contribution in [0, 0.1) is 0 Å². The zero-order valence-corrected chi connectivity index (χ0v) is 13.1. The Kier molecular flexibility index (Phi) is 5.63. The molecule has 0 aliphatic carbocycles. The van der Waals surface area contributed by atoms with Crippen LogP contribution in [0.2, 0.25) is 0 Å². The third-order valence-corrected chi connectivity index (χ3v) is 3.39. The monoisotopic (exact) mass is 348 g/mol. The van der Waals surface area contributed by atoms with E-state index in [1.165, 1.54) is 0 Å². The van der Waals surface area contributed by atoms with Gasteiger partial charge in [0, 0.05) is 22.8 Å². The minimum absolute atomic E-state index is 0.0400. The van der Waals surface area contributed by atoms with Crippen LogP contribution in [0.3, 0.4) is 0 Å². The van der Waals surface area contributed by atoms with Crippen LogP contribution >= 0.6 is 15.9 Å². The molecule has 0 fully saturated rings. The summed E-state index contributed by atoms with van der Waals surface area (Å²) < 4.78 is 6.50. The molecule has 21 heavy (non-hydrogen) atoms. The van der Waals surface area contributed by atoms with Gasteiger partial charge in [-0.3, -0.25) is 4.79 Å². The molecule has 0 aliphatic heterocycles. The fourth-order valence-corrected chi connectivity index (χ4v) is 2.02. The van der Waals surface area contributed by atoms with Crippen molar-refractivity contribution < 1.29 is 9.53 Å². The molecule has 3 N–H and O–H groups in total. The highest BCUT2D eigenvalue weighted by molar-refractivity contribution is 9.10. The van der Waals surface area contributed by atoms with Crippen LogP contribution in [0.1, 0.15) is 12.0 Å². The number of carbonyl (C=O) groups excluding carboxylic acids is 1. The average molecular weight is 349 g/mol. The summed E-state index contributed by atoms with van der Waals surface area (Å²) in [5.41, 5.74) is 7.35. The van der Waals surface area contributed by atoms with Crippen molar-refractivity contribution in [2.24, 2.45) is 0 Å². The first-order valence-electron chi connectivity index (χ1n) is 6.63. The number of nitrogens with two attached hydrogens (primary N) is 1. The van der Waals surface area contributed by atoms with Crippen LogP contribution in [0.4, 0.5) is 5.69 Å². The highest BCUT2D eigenvalue weighted by atomic mass is 79.9. The smallest absolute Gasteiger partial charge is 0.223 e. The van der Waals surface area contributed by atoms with Gasteiger partial charge in [-0.15, -0.1) is 0 Å². The molecule has 0 bridgehead atoms. The average Bonchev–Trinajstić information content (AvgIpc) is 2.47. The highest BCUT2D eigenvalue weighted by Crippen LogP contribution is 2.14. The molecule has 0 unspecified atom stereocenters. The zero-order valence-electron chi connectivity index (χ0n) is 11.5. The molecule has 0 spiro atoms. The van der Waals surface area contributed by atoms with E-state index in [1.54, 1.807) is 12.1 Å². The third-order valence-electron chi connectivity index (χ3n) is 2.86. The van der Waals surface area contributed by atoms with E-state index in [2.05, 4.69) is 21.2 Å². The van der Waals surface area contributed by atoms with Gasteiger partial charge in [0.2, 0.25) is 5.91 Å². The van der Waals surface area contributed by atoms with Crippen LogP contribution in [-0.2, 0) is 11.3 Å². The molecule has 0 aliphatic rings. The molecule has 0 saturated heterocycles. The van der Waals surface area contributed by atoms with Crippen molar-refractivity contribution in [3.8, 4) is 5.75 Å². The molecule has 0 atom stereocenters. The maximum Gasteiger partial charge on any atom is 0.223 e. The van der Waals surface area contributed by atoms with E-state index in [9.17, 15) is 4.79 Å². The second kappa shape index (κ2) is 7.69. The number of anilines is 1. The molecule has 4 nitrogen and oxygen atoms in total. The van der Waals surface area contributed by atoms with Crippen molar-refractivity contribution in [2.45, 2.75) is 13.0 Å². The minimum Gasteiger partial charge on any atom is -0.493 e. The Hall–Kier alpha value is -2.01. The molecule has 5 heteroatoms. The van der Waals surface area contributed by atoms with E-state index < -0.39 is 0 Å². The summed E-state index contributed by atoms with van der Waals surface area (Å²) in [5, 5.41) is 2.86. The molecule has 2 rings (SSSR count). The summed E-state index contributed by atoms with van der Waals surface area (Å²) in [6.45, 7) is 0.847. The third kappa shape index (κ3) is 5.47. The Morgan fingerprint density at radius 2 is 1.95 bits per heavy atom. The minimum atomic E-state index is -0.0400. The van der Waals surface area contributed by atoms with Crippen LogP contribution in [0.25, 0.3) is 0 Å². The van der Waals surface area contributed by atoms with Gasteiger partial charge in [0.15, 0.2) is 0 Å². The Labute approximate surface area is 132 Å². The summed E-state index contributed by atoms with van der Waals surface area (Å²) in [7, 11) is 0. The van der Waals surface area contributed by atoms with E-state index in [0.717, 1.165) is 10.0 Å². The first-order chi connectivity index (χ1) is 10.1. The number of carbonyl (C=O) groups is 1. The maximum atomic E-state index is 11.7. The highest BCUT2D eigenvalue weighted by Gasteiger charge is 2.02. The lowest BCUT2D eigenvalue weighted by molar-refractivity contribution is -0.121. The standard InChI is InChI=1S/C16H17BrN2O2/c17-13-6-4-12(5-7-13)11-19-16(20)8-9-21-15-3-1-2-14(18)10-15/h1-7,10H,8-9,11,18H2,(H,19,20). The number of rotatable bonds is 6. The Morgan fingerprint density at radius 3 is 2.67 bits per heavy atom. The molecule has 110 valence electrons. The van der Waals surface area contributed by atoms with Crippen LogP contribution in [0.5, 0.6) is 5.75 Å². The van der Waals surface area contributed by atoms with Gasteiger partial charge < -0.3 is 15.8 Å². The molecule has 0 saturated carbocycles. The fourth-order valence-electron chi connectivity index (χ4n) is 1.76. The molecule has 0 radical (unpaired) electrons. The SMILES string of the molecule is Nc1cccc(OCCC(=O)NCc2ccc(Br)cc2)c1. The van der Waals surface area contributed by atoms with E-state index >= 15 is 0 Å². The maximum absolute atomic E-state index is 11.7. The lowest BCUT2D eigenvalue weighted by Gasteiger charge is -2.08. The van der Waals surface area contributed by atoms with Crippen molar-refractivity contribution in [2.75, 3.05) is 12.3 Å². The predicted octanol–water partition coefficient (Wildman–Crippen LogP) is 3.12. The number of hydrogen-bond acceptors (Lipinski definition) is 3. The molecule has 2 aromatic rings. The largest absolute Gasteiger partial charge is 0.493 e. The second-order valence-corrected chi connectivity index (χ2v) is 5.49. The van der Waals surface area contributed by atoms with Crippen LogP contribution in [0.15, 0.2) is 53.0 Å². The summed E-state index contributed by atoms with van der Waals surface area (Å²) in [6, 6.07) is 15.0. The van der Waals surface area contributed by atoms with Gasteiger partial charge in [-0.05, 0) is 29.8 Å². The summed E-state index contributed by atoms with van der Waals surface area (Å²) >= 11 is 3.37. The predicted molar refractivity (Wildman–Crippen MR) is 87.0 cm³/mol. The molecule has 0 aromatic heterocycles. The van der Waals surface area contributed by atoms with Crippen molar-refractivity contribution >= 4 is 27.5 Å². The van der Waals surface area contributed by atoms with Crippen LogP contribution in [-0.4, -0.2) is 12.5 Å². The number of nitrogen functional groups attached to an aromatic ring is 1. The normalized spacial score (nSPS) is 10.1. The molecular formula is C16H17BrN2O2. The number of ether oxygens (including phenoxy) is 1. The van der Waals surface area contributed by atoms with Gasteiger partial charge in [-0.25, -0.2) is 0 Å². The number of halogens is 1.